The fourth-order valence-electron chi connectivity index (χ4n) is 2.17. The van der Waals surface area contributed by atoms with Crippen LogP contribution in [0.4, 0.5) is 5.13 Å². The molecule has 2 rings (SSSR count). The van der Waals surface area contributed by atoms with Gasteiger partial charge in [-0.2, -0.15) is 0 Å². The number of methoxy groups -OCH3 is 2. The Labute approximate surface area is 143 Å². The summed E-state index contributed by atoms with van der Waals surface area (Å²) in [6.07, 6.45) is 0.406. The number of rotatable bonds is 7. The number of carbonyl (C=O) groups is 2. The normalized spacial score (nSPS) is 10.3. The summed E-state index contributed by atoms with van der Waals surface area (Å²) in [5.41, 5.74) is 0.992. The van der Waals surface area contributed by atoms with Gasteiger partial charge >= 0.3 is 5.97 Å². The van der Waals surface area contributed by atoms with Crippen molar-refractivity contribution in [3.8, 4) is 11.5 Å². The molecule has 1 aromatic heterocycles. The molecule has 24 heavy (non-hydrogen) atoms. The summed E-state index contributed by atoms with van der Waals surface area (Å²) in [6, 6.07) is 5.07. The average molecular weight is 350 g/mol. The maximum absolute atomic E-state index is 12.6. The van der Waals surface area contributed by atoms with Crippen molar-refractivity contribution in [3.05, 3.63) is 34.3 Å². The molecule has 1 heterocycles. The molecule has 0 aliphatic carbocycles. The predicted molar refractivity (Wildman–Crippen MR) is 90.3 cm³/mol. The number of nitrogens with one attached hydrogen (secondary N) is 1. The highest BCUT2D eigenvalue weighted by Gasteiger charge is 2.20. The number of ether oxygens (including phenoxy) is 2. The first-order valence-electron chi connectivity index (χ1n) is 7.16. The van der Waals surface area contributed by atoms with Crippen molar-refractivity contribution in [2.45, 2.75) is 19.8 Å². The second-order valence-electron chi connectivity index (χ2n) is 4.91. The summed E-state index contributed by atoms with van der Waals surface area (Å²) in [7, 11) is 2.95. The molecule has 8 heteroatoms. The third-order valence-corrected chi connectivity index (χ3v) is 4.47. The molecule has 2 N–H and O–H groups in total. The van der Waals surface area contributed by atoms with E-state index in [1.54, 1.807) is 25.1 Å². The van der Waals surface area contributed by atoms with Crippen molar-refractivity contribution >= 4 is 28.3 Å². The lowest BCUT2D eigenvalue weighted by atomic mass is 10.1. The summed E-state index contributed by atoms with van der Waals surface area (Å²) in [5, 5.41) is 11.9. The van der Waals surface area contributed by atoms with Crippen LogP contribution in [0.5, 0.6) is 11.5 Å². The standard InChI is InChI=1S/C16H18N2O5S/c1-9-12(7-8-13(19)20)24-16(17-9)18-15(21)14-10(22-2)5-4-6-11(14)23-3/h4-6H,7-8H2,1-3H3,(H,19,20)(H,17,18,21). The van der Waals surface area contributed by atoms with Crippen LogP contribution >= 0.6 is 11.3 Å². The molecule has 0 saturated heterocycles. The fourth-order valence-corrected chi connectivity index (χ4v) is 3.13. The summed E-state index contributed by atoms with van der Waals surface area (Å²) in [5.74, 6) is -0.479. The van der Waals surface area contributed by atoms with E-state index in [1.165, 1.54) is 25.6 Å². The minimum atomic E-state index is -0.868. The second kappa shape index (κ2) is 7.78. The molecule has 128 valence electrons. The van der Waals surface area contributed by atoms with E-state index in [-0.39, 0.29) is 12.0 Å². The summed E-state index contributed by atoms with van der Waals surface area (Å²) in [6.45, 7) is 1.78. The van der Waals surface area contributed by atoms with Gasteiger partial charge in [0, 0.05) is 4.88 Å². The molecule has 0 unspecified atom stereocenters. The molecular formula is C16H18N2O5S. The molecule has 0 atom stereocenters. The smallest absolute Gasteiger partial charge is 0.303 e. The Balaban J connectivity index is 2.21. The molecule has 1 aromatic carbocycles. The van der Waals surface area contributed by atoms with Gasteiger partial charge in [0.2, 0.25) is 0 Å². The number of anilines is 1. The lowest BCUT2D eigenvalue weighted by molar-refractivity contribution is -0.136. The van der Waals surface area contributed by atoms with Gasteiger partial charge in [0.15, 0.2) is 5.13 Å². The van der Waals surface area contributed by atoms with Crippen molar-refractivity contribution in [1.82, 2.24) is 4.98 Å². The predicted octanol–water partition coefficient (Wildman–Crippen LogP) is 2.74. The number of carboxylic acid groups (broad SMARTS) is 1. The third-order valence-electron chi connectivity index (χ3n) is 3.33. The van der Waals surface area contributed by atoms with Gasteiger partial charge in [0.1, 0.15) is 17.1 Å². The third kappa shape index (κ3) is 4.02. The highest BCUT2D eigenvalue weighted by atomic mass is 32.1. The number of aryl methyl sites for hydroxylation is 2. The van der Waals surface area contributed by atoms with Crippen LogP contribution in [-0.4, -0.2) is 36.2 Å². The Hall–Kier alpha value is -2.61. The van der Waals surface area contributed by atoms with E-state index in [1.807, 2.05) is 0 Å². The van der Waals surface area contributed by atoms with E-state index in [0.717, 1.165) is 4.88 Å². The van der Waals surface area contributed by atoms with Gasteiger partial charge in [-0.3, -0.25) is 14.9 Å². The maximum Gasteiger partial charge on any atom is 0.303 e. The molecule has 0 aliphatic heterocycles. The molecule has 7 nitrogen and oxygen atoms in total. The van der Waals surface area contributed by atoms with E-state index in [2.05, 4.69) is 10.3 Å². The highest BCUT2D eigenvalue weighted by molar-refractivity contribution is 7.15. The number of carboxylic acids is 1. The van der Waals surface area contributed by atoms with Crippen LogP contribution in [0.2, 0.25) is 0 Å². The van der Waals surface area contributed by atoms with Gasteiger partial charge < -0.3 is 14.6 Å². The van der Waals surface area contributed by atoms with Crippen molar-refractivity contribution in [1.29, 1.82) is 0 Å². The SMILES string of the molecule is COc1cccc(OC)c1C(=O)Nc1nc(C)c(CCC(=O)O)s1. The first kappa shape index (κ1) is 17.7. The van der Waals surface area contributed by atoms with Crippen molar-refractivity contribution in [2.24, 2.45) is 0 Å². The van der Waals surface area contributed by atoms with Gasteiger partial charge in [0.25, 0.3) is 5.91 Å². The Morgan fingerprint density at radius 1 is 1.25 bits per heavy atom. The number of thiazole rings is 1. The molecule has 1 amide bonds. The van der Waals surface area contributed by atoms with Crippen LogP contribution in [0.3, 0.4) is 0 Å². The molecule has 0 radical (unpaired) electrons. The van der Waals surface area contributed by atoms with Crippen molar-refractivity contribution in [3.63, 3.8) is 0 Å². The zero-order valence-corrected chi connectivity index (χ0v) is 14.4. The number of aromatic nitrogens is 1. The van der Waals surface area contributed by atoms with Crippen LogP contribution in [0.1, 0.15) is 27.3 Å². The molecule has 0 saturated carbocycles. The van der Waals surface area contributed by atoms with E-state index in [0.29, 0.717) is 28.7 Å². The first-order valence-corrected chi connectivity index (χ1v) is 7.98. The Morgan fingerprint density at radius 2 is 1.88 bits per heavy atom. The van der Waals surface area contributed by atoms with E-state index in [9.17, 15) is 9.59 Å². The molecular weight excluding hydrogens is 332 g/mol. The van der Waals surface area contributed by atoms with Crippen LogP contribution < -0.4 is 14.8 Å². The largest absolute Gasteiger partial charge is 0.496 e. The molecule has 0 spiro atoms. The maximum atomic E-state index is 12.6. The van der Waals surface area contributed by atoms with Gasteiger partial charge in [-0.25, -0.2) is 4.98 Å². The van der Waals surface area contributed by atoms with Gasteiger partial charge in [-0.15, -0.1) is 11.3 Å². The number of amides is 1. The Kier molecular flexibility index (Phi) is 5.75. The minimum absolute atomic E-state index is 0.0246. The molecule has 2 aromatic rings. The monoisotopic (exact) mass is 350 g/mol. The zero-order chi connectivity index (χ0) is 17.7. The zero-order valence-electron chi connectivity index (χ0n) is 13.6. The van der Waals surface area contributed by atoms with Gasteiger partial charge in [-0.05, 0) is 25.5 Å². The summed E-state index contributed by atoms with van der Waals surface area (Å²) in [4.78, 5) is 28.4. The second-order valence-corrected chi connectivity index (χ2v) is 6.00. The van der Waals surface area contributed by atoms with Gasteiger partial charge in [0.05, 0.1) is 26.3 Å². The summed E-state index contributed by atoms with van der Waals surface area (Å²) >= 11 is 1.26. The molecule has 0 fully saturated rings. The highest BCUT2D eigenvalue weighted by Crippen LogP contribution is 2.30. The van der Waals surface area contributed by atoms with E-state index < -0.39 is 11.9 Å². The number of benzene rings is 1. The number of nitrogens with zero attached hydrogens (tertiary/aromatic N) is 1. The number of carbonyl (C=O) groups excluding carboxylic acids is 1. The number of hydrogen-bond acceptors (Lipinski definition) is 6. The van der Waals surface area contributed by atoms with E-state index >= 15 is 0 Å². The van der Waals surface area contributed by atoms with Gasteiger partial charge in [-0.1, -0.05) is 6.07 Å². The number of aliphatic carboxylic acids is 1. The van der Waals surface area contributed by atoms with E-state index in [4.69, 9.17) is 14.6 Å². The quantitative estimate of drug-likeness (QED) is 0.797. The minimum Gasteiger partial charge on any atom is -0.496 e. The Bertz CT molecular complexity index is 735. The van der Waals surface area contributed by atoms with Crippen molar-refractivity contribution in [2.75, 3.05) is 19.5 Å². The number of hydrogen-bond donors (Lipinski definition) is 2. The fraction of sp³-hybridized carbons (Fsp3) is 0.312. The van der Waals surface area contributed by atoms with Crippen LogP contribution in [0, 0.1) is 6.92 Å². The average Bonchev–Trinajstić information content (AvgIpc) is 2.91. The Morgan fingerprint density at radius 3 is 2.42 bits per heavy atom. The lowest BCUT2D eigenvalue weighted by Gasteiger charge is -2.11. The van der Waals surface area contributed by atoms with Crippen LogP contribution in [0.25, 0.3) is 0 Å². The first-order chi connectivity index (χ1) is 11.5. The topological polar surface area (TPSA) is 97.8 Å². The van der Waals surface area contributed by atoms with Crippen LogP contribution in [0.15, 0.2) is 18.2 Å². The van der Waals surface area contributed by atoms with Crippen LogP contribution in [-0.2, 0) is 11.2 Å². The molecule has 0 bridgehead atoms. The lowest BCUT2D eigenvalue weighted by Crippen LogP contribution is -2.14. The van der Waals surface area contributed by atoms with Crippen molar-refractivity contribution < 1.29 is 24.2 Å². The summed E-state index contributed by atoms with van der Waals surface area (Å²) < 4.78 is 10.4. The molecule has 0 aliphatic rings.